The summed E-state index contributed by atoms with van der Waals surface area (Å²) in [6, 6.07) is 11.9. The molecule has 3 aromatic rings. The largest absolute Gasteiger partial charge is 0.495 e. The molecule has 8 nitrogen and oxygen atoms in total. The lowest BCUT2D eigenvalue weighted by molar-refractivity contribution is 0.0729. The van der Waals surface area contributed by atoms with E-state index in [1.54, 1.807) is 35.2 Å². The summed E-state index contributed by atoms with van der Waals surface area (Å²) in [7, 11) is -2.46. The number of carbonyl (C=O) groups is 1. The van der Waals surface area contributed by atoms with E-state index >= 15 is 0 Å². The van der Waals surface area contributed by atoms with Crippen LogP contribution >= 0.6 is 0 Å². The number of hydrogen-bond donors (Lipinski definition) is 1. The molecule has 0 saturated carbocycles. The second-order valence-electron chi connectivity index (χ2n) is 7.09. The van der Waals surface area contributed by atoms with Crippen LogP contribution in [0.1, 0.15) is 10.4 Å². The number of nitrogens with zero attached hydrogens (tertiary/aromatic N) is 2. The molecule has 168 valence electrons. The zero-order valence-corrected chi connectivity index (χ0v) is 18.1. The van der Waals surface area contributed by atoms with Crippen LogP contribution in [0.2, 0.25) is 0 Å². The highest BCUT2D eigenvalue weighted by molar-refractivity contribution is 7.89. The van der Waals surface area contributed by atoms with Crippen molar-refractivity contribution in [1.29, 1.82) is 0 Å². The number of halogens is 1. The maximum Gasteiger partial charge on any atom is 0.255 e. The van der Waals surface area contributed by atoms with Crippen LogP contribution in [0, 0.1) is 5.82 Å². The predicted octanol–water partition coefficient (Wildman–Crippen LogP) is 2.90. The SMILES string of the molecule is COc1ccc(NC(=O)c2ccc(F)c(-n3cccc3)c2)cc1S(=O)(=O)N1CCOCC1. The second kappa shape index (κ2) is 9.11. The van der Waals surface area contributed by atoms with E-state index in [0.29, 0.717) is 13.2 Å². The van der Waals surface area contributed by atoms with Crippen LogP contribution in [0.3, 0.4) is 0 Å². The smallest absolute Gasteiger partial charge is 0.255 e. The highest BCUT2D eigenvalue weighted by atomic mass is 32.2. The molecular weight excluding hydrogens is 437 g/mol. The molecule has 0 spiro atoms. The zero-order chi connectivity index (χ0) is 22.7. The molecule has 1 saturated heterocycles. The van der Waals surface area contributed by atoms with Crippen LogP contribution in [0.5, 0.6) is 5.75 Å². The van der Waals surface area contributed by atoms with Gasteiger partial charge in [0.25, 0.3) is 5.91 Å². The summed E-state index contributed by atoms with van der Waals surface area (Å²) >= 11 is 0. The highest BCUT2D eigenvalue weighted by Crippen LogP contribution is 2.30. The van der Waals surface area contributed by atoms with Gasteiger partial charge in [-0.1, -0.05) is 0 Å². The Balaban J connectivity index is 1.62. The first kappa shape index (κ1) is 22.0. The molecule has 1 aliphatic rings. The number of rotatable bonds is 6. The summed E-state index contributed by atoms with van der Waals surface area (Å²) in [5, 5.41) is 2.68. The van der Waals surface area contributed by atoms with E-state index < -0.39 is 21.7 Å². The third-order valence-corrected chi connectivity index (χ3v) is 7.02. The van der Waals surface area contributed by atoms with Gasteiger partial charge in [0.05, 0.1) is 26.0 Å². The number of carbonyl (C=O) groups excluding carboxylic acids is 1. The summed E-state index contributed by atoms with van der Waals surface area (Å²) in [4.78, 5) is 12.8. The molecule has 1 fully saturated rings. The fourth-order valence-electron chi connectivity index (χ4n) is 3.43. The van der Waals surface area contributed by atoms with Gasteiger partial charge in [0, 0.05) is 36.7 Å². The van der Waals surface area contributed by atoms with E-state index in [1.807, 2.05) is 0 Å². The van der Waals surface area contributed by atoms with Crippen molar-refractivity contribution in [3.05, 3.63) is 72.3 Å². The van der Waals surface area contributed by atoms with E-state index in [-0.39, 0.29) is 40.7 Å². The fraction of sp³-hybridized carbons (Fsp3) is 0.227. The van der Waals surface area contributed by atoms with Gasteiger partial charge in [-0.25, -0.2) is 12.8 Å². The quantitative estimate of drug-likeness (QED) is 0.612. The second-order valence-corrected chi connectivity index (χ2v) is 9.00. The van der Waals surface area contributed by atoms with E-state index in [9.17, 15) is 17.6 Å². The van der Waals surface area contributed by atoms with E-state index in [0.717, 1.165) is 0 Å². The van der Waals surface area contributed by atoms with E-state index in [2.05, 4.69) is 5.32 Å². The molecular formula is C22H22FN3O5S. The molecule has 0 aliphatic carbocycles. The number of sulfonamides is 1. The average Bonchev–Trinajstić information content (AvgIpc) is 3.34. The molecule has 0 unspecified atom stereocenters. The first-order valence-corrected chi connectivity index (χ1v) is 11.3. The molecule has 1 amide bonds. The third-order valence-electron chi connectivity index (χ3n) is 5.10. The molecule has 2 heterocycles. The van der Waals surface area contributed by atoms with Crippen LogP contribution in [-0.2, 0) is 14.8 Å². The summed E-state index contributed by atoms with van der Waals surface area (Å²) in [5.41, 5.74) is 0.728. The summed E-state index contributed by atoms with van der Waals surface area (Å²) < 4.78 is 53.8. The number of aromatic nitrogens is 1. The lowest BCUT2D eigenvalue weighted by atomic mass is 10.1. The van der Waals surface area contributed by atoms with Gasteiger partial charge < -0.3 is 19.4 Å². The van der Waals surface area contributed by atoms with Crippen LogP contribution in [-0.4, -0.2) is 56.6 Å². The van der Waals surface area contributed by atoms with Crippen LogP contribution in [0.15, 0.2) is 65.8 Å². The van der Waals surface area contributed by atoms with Gasteiger partial charge in [0.2, 0.25) is 10.0 Å². The maximum absolute atomic E-state index is 14.2. The Kier molecular flexibility index (Phi) is 6.26. The first-order chi connectivity index (χ1) is 15.4. The van der Waals surface area contributed by atoms with Crippen molar-refractivity contribution in [2.75, 3.05) is 38.7 Å². The molecule has 32 heavy (non-hydrogen) atoms. The maximum atomic E-state index is 14.2. The predicted molar refractivity (Wildman–Crippen MR) is 116 cm³/mol. The number of ether oxygens (including phenoxy) is 2. The highest BCUT2D eigenvalue weighted by Gasteiger charge is 2.29. The molecule has 2 aromatic carbocycles. The Morgan fingerprint density at radius 1 is 1.09 bits per heavy atom. The van der Waals surface area contributed by atoms with Gasteiger partial charge in [0.15, 0.2) is 0 Å². The van der Waals surface area contributed by atoms with Crippen molar-refractivity contribution in [1.82, 2.24) is 8.87 Å². The van der Waals surface area contributed by atoms with Gasteiger partial charge in [-0.2, -0.15) is 4.31 Å². The lowest BCUT2D eigenvalue weighted by Crippen LogP contribution is -2.40. The molecule has 0 radical (unpaired) electrons. The molecule has 0 bridgehead atoms. The zero-order valence-electron chi connectivity index (χ0n) is 17.3. The Hall–Kier alpha value is -3.21. The number of amides is 1. The first-order valence-electron chi connectivity index (χ1n) is 9.90. The summed E-state index contributed by atoms with van der Waals surface area (Å²) in [5.74, 6) is -0.800. The molecule has 1 aliphatic heterocycles. The van der Waals surface area contributed by atoms with Crippen molar-refractivity contribution in [3.8, 4) is 11.4 Å². The minimum atomic E-state index is -3.85. The Morgan fingerprint density at radius 3 is 2.50 bits per heavy atom. The number of morpholine rings is 1. The fourth-order valence-corrected chi connectivity index (χ4v) is 5.02. The summed E-state index contributed by atoms with van der Waals surface area (Å²) in [6.45, 7) is 1.10. The van der Waals surface area contributed by atoms with Gasteiger partial charge in [-0.15, -0.1) is 0 Å². The minimum Gasteiger partial charge on any atom is -0.495 e. The van der Waals surface area contributed by atoms with Crippen molar-refractivity contribution in [2.24, 2.45) is 0 Å². The lowest BCUT2D eigenvalue weighted by Gasteiger charge is -2.26. The van der Waals surface area contributed by atoms with Crippen molar-refractivity contribution in [2.45, 2.75) is 4.90 Å². The Bertz CT molecular complexity index is 1220. The van der Waals surface area contributed by atoms with Gasteiger partial charge >= 0.3 is 0 Å². The normalized spacial score (nSPS) is 14.8. The van der Waals surface area contributed by atoms with E-state index in [4.69, 9.17) is 9.47 Å². The van der Waals surface area contributed by atoms with Crippen molar-refractivity contribution in [3.63, 3.8) is 0 Å². The third kappa shape index (κ3) is 4.38. The van der Waals surface area contributed by atoms with Crippen LogP contribution in [0.25, 0.3) is 5.69 Å². The number of nitrogens with one attached hydrogen (secondary N) is 1. The van der Waals surface area contributed by atoms with Crippen LogP contribution < -0.4 is 10.1 Å². The summed E-state index contributed by atoms with van der Waals surface area (Å²) in [6.07, 6.45) is 3.35. The number of anilines is 1. The van der Waals surface area contributed by atoms with Gasteiger partial charge in [-0.3, -0.25) is 4.79 Å². The monoisotopic (exact) mass is 459 g/mol. The molecule has 4 rings (SSSR count). The Labute approximate surface area is 185 Å². The van der Waals surface area contributed by atoms with Crippen molar-refractivity contribution < 1.29 is 27.1 Å². The van der Waals surface area contributed by atoms with Gasteiger partial charge in [-0.05, 0) is 48.5 Å². The molecule has 0 atom stereocenters. The molecule has 1 N–H and O–H groups in total. The topological polar surface area (TPSA) is 89.9 Å². The number of methoxy groups -OCH3 is 1. The number of hydrogen-bond acceptors (Lipinski definition) is 5. The van der Waals surface area contributed by atoms with Gasteiger partial charge in [0.1, 0.15) is 16.5 Å². The van der Waals surface area contributed by atoms with Crippen LogP contribution in [0.4, 0.5) is 10.1 Å². The Morgan fingerprint density at radius 2 is 1.81 bits per heavy atom. The molecule has 1 aromatic heterocycles. The minimum absolute atomic E-state index is 0.0492. The number of benzene rings is 2. The standard InChI is InChI=1S/C22H22FN3O5S/c1-30-20-7-5-17(15-21(20)32(28,29)26-10-12-31-13-11-26)24-22(27)16-4-6-18(23)19(14-16)25-8-2-3-9-25/h2-9,14-15H,10-13H2,1H3,(H,24,27). The average molecular weight is 459 g/mol. The van der Waals surface area contributed by atoms with Crippen molar-refractivity contribution >= 4 is 21.6 Å². The molecule has 10 heteroatoms. The van der Waals surface area contributed by atoms with E-state index in [1.165, 1.54) is 41.7 Å².